The van der Waals surface area contributed by atoms with E-state index in [9.17, 15) is 17.6 Å². The van der Waals surface area contributed by atoms with Gasteiger partial charge in [0.1, 0.15) is 5.82 Å². The van der Waals surface area contributed by atoms with Crippen molar-refractivity contribution in [2.24, 2.45) is 5.92 Å². The number of nitrogens with one attached hydrogen (secondary N) is 1. The topological polar surface area (TPSA) is 66.5 Å². The lowest BCUT2D eigenvalue weighted by atomic mass is 9.99. The third-order valence-corrected chi connectivity index (χ3v) is 5.86. The van der Waals surface area contributed by atoms with Gasteiger partial charge in [-0.2, -0.15) is 0 Å². The summed E-state index contributed by atoms with van der Waals surface area (Å²) >= 11 is 0. The second-order valence-corrected chi connectivity index (χ2v) is 8.29. The molecule has 1 heterocycles. The van der Waals surface area contributed by atoms with E-state index in [1.807, 2.05) is 0 Å². The van der Waals surface area contributed by atoms with Gasteiger partial charge in [0.25, 0.3) is 15.9 Å². The zero-order chi connectivity index (χ0) is 18.7. The first-order valence-corrected chi connectivity index (χ1v) is 10.0. The van der Waals surface area contributed by atoms with Gasteiger partial charge in [0.15, 0.2) is 0 Å². The Bertz CT molecular complexity index is 897. The van der Waals surface area contributed by atoms with Gasteiger partial charge < -0.3 is 4.90 Å². The van der Waals surface area contributed by atoms with Crippen LogP contribution in [-0.4, -0.2) is 32.3 Å². The number of rotatable bonds is 4. The van der Waals surface area contributed by atoms with Crippen LogP contribution in [0.5, 0.6) is 0 Å². The lowest BCUT2D eigenvalue weighted by molar-refractivity contribution is 0.0683. The largest absolute Gasteiger partial charge is 0.338 e. The molecule has 2 aromatic rings. The molecule has 26 heavy (non-hydrogen) atoms. The van der Waals surface area contributed by atoms with Crippen molar-refractivity contribution in [3.05, 3.63) is 59.9 Å². The van der Waals surface area contributed by atoms with Crippen LogP contribution in [0.1, 0.15) is 30.1 Å². The highest BCUT2D eigenvalue weighted by molar-refractivity contribution is 7.92. The molecule has 7 heteroatoms. The molecule has 1 saturated heterocycles. The summed E-state index contributed by atoms with van der Waals surface area (Å²) in [5.74, 6) is -0.276. The van der Waals surface area contributed by atoms with Crippen molar-refractivity contribution in [3.63, 3.8) is 0 Å². The fraction of sp³-hybridized carbons (Fsp3) is 0.316. The number of carbonyl (C=O) groups excluding carboxylic acids is 1. The number of hydrogen-bond donors (Lipinski definition) is 1. The molecule has 0 bridgehead atoms. The van der Waals surface area contributed by atoms with E-state index < -0.39 is 15.8 Å². The summed E-state index contributed by atoms with van der Waals surface area (Å²) in [4.78, 5) is 14.3. The highest BCUT2D eigenvalue weighted by Crippen LogP contribution is 2.21. The van der Waals surface area contributed by atoms with Crippen LogP contribution in [0, 0.1) is 11.7 Å². The Balaban J connectivity index is 1.76. The average molecular weight is 376 g/mol. The summed E-state index contributed by atoms with van der Waals surface area (Å²) in [6, 6.07) is 11.3. The molecule has 2 aromatic carbocycles. The molecular weight excluding hydrogens is 355 g/mol. The van der Waals surface area contributed by atoms with Crippen molar-refractivity contribution < 1.29 is 17.6 Å². The second kappa shape index (κ2) is 7.45. The molecule has 0 unspecified atom stereocenters. The Hall–Kier alpha value is -2.41. The average Bonchev–Trinajstić information content (AvgIpc) is 2.63. The monoisotopic (exact) mass is 376 g/mol. The molecule has 0 saturated carbocycles. The fourth-order valence-electron chi connectivity index (χ4n) is 3.08. The van der Waals surface area contributed by atoms with Crippen molar-refractivity contribution in [1.29, 1.82) is 0 Å². The lowest BCUT2D eigenvalue weighted by Gasteiger charge is -2.31. The normalized spacial score (nSPS) is 17.8. The van der Waals surface area contributed by atoms with Crippen LogP contribution in [0.4, 0.5) is 10.1 Å². The maximum absolute atomic E-state index is 13.7. The minimum absolute atomic E-state index is 0.0238. The van der Waals surface area contributed by atoms with Gasteiger partial charge in [0.05, 0.1) is 10.6 Å². The first kappa shape index (κ1) is 18.4. The molecule has 0 aliphatic carbocycles. The van der Waals surface area contributed by atoms with Crippen LogP contribution in [0.3, 0.4) is 0 Å². The SMILES string of the molecule is C[C@@H]1CCCN(C(=O)c2ccc(S(=O)(=O)Nc3ccccc3F)cc2)C1. The molecule has 138 valence electrons. The van der Waals surface area contributed by atoms with Crippen LogP contribution in [0.25, 0.3) is 0 Å². The van der Waals surface area contributed by atoms with E-state index in [0.29, 0.717) is 18.0 Å². The van der Waals surface area contributed by atoms with Gasteiger partial charge >= 0.3 is 0 Å². The summed E-state index contributed by atoms with van der Waals surface area (Å²) < 4.78 is 40.7. The number of carbonyl (C=O) groups is 1. The third-order valence-electron chi connectivity index (χ3n) is 4.47. The van der Waals surface area contributed by atoms with E-state index in [-0.39, 0.29) is 16.5 Å². The molecule has 1 amide bonds. The molecule has 3 rings (SSSR count). The Morgan fingerprint density at radius 3 is 2.50 bits per heavy atom. The van der Waals surface area contributed by atoms with Gasteiger partial charge in [-0.1, -0.05) is 19.1 Å². The number of benzene rings is 2. The van der Waals surface area contributed by atoms with E-state index in [4.69, 9.17) is 0 Å². The molecule has 1 aliphatic heterocycles. The van der Waals surface area contributed by atoms with E-state index in [0.717, 1.165) is 19.4 Å². The Kier molecular flexibility index (Phi) is 5.27. The standard InChI is InChI=1S/C19H21FN2O3S/c1-14-5-4-12-22(13-14)19(23)15-8-10-16(11-9-15)26(24,25)21-18-7-3-2-6-17(18)20/h2-3,6-11,14,21H,4-5,12-13H2,1H3/t14-/m1/s1. The second-order valence-electron chi connectivity index (χ2n) is 6.61. The number of halogens is 1. The summed E-state index contributed by atoms with van der Waals surface area (Å²) in [6.07, 6.45) is 2.09. The number of amides is 1. The van der Waals surface area contributed by atoms with Crippen molar-refractivity contribution in [2.75, 3.05) is 17.8 Å². The number of anilines is 1. The lowest BCUT2D eigenvalue weighted by Crippen LogP contribution is -2.39. The highest BCUT2D eigenvalue weighted by Gasteiger charge is 2.23. The van der Waals surface area contributed by atoms with Crippen LogP contribution in [-0.2, 0) is 10.0 Å². The van der Waals surface area contributed by atoms with E-state index in [1.54, 1.807) is 11.0 Å². The van der Waals surface area contributed by atoms with Gasteiger partial charge in [-0.15, -0.1) is 0 Å². The van der Waals surface area contributed by atoms with Gasteiger partial charge in [-0.3, -0.25) is 9.52 Å². The molecule has 1 atom stereocenters. The van der Waals surface area contributed by atoms with Gasteiger partial charge in [-0.25, -0.2) is 12.8 Å². The van der Waals surface area contributed by atoms with E-state index in [1.165, 1.54) is 42.5 Å². The highest BCUT2D eigenvalue weighted by atomic mass is 32.2. The molecule has 0 radical (unpaired) electrons. The van der Waals surface area contributed by atoms with Gasteiger partial charge in [-0.05, 0) is 55.2 Å². The molecular formula is C19H21FN2O3S. The summed E-state index contributed by atoms with van der Waals surface area (Å²) in [6.45, 7) is 3.55. The summed E-state index contributed by atoms with van der Waals surface area (Å²) in [5.41, 5.74) is 0.332. The van der Waals surface area contributed by atoms with Crippen molar-refractivity contribution in [1.82, 2.24) is 4.90 Å². The summed E-state index contributed by atoms with van der Waals surface area (Å²) in [7, 11) is -3.93. The minimum Gasteiger partial charge on any atom is -0.338 e. The molecule has 1 N–H and O–H groups in total. The number of hydrogen-bond acceptors (Lipinski definition) is 3. The molecule has 1 aliphatic rings. The predicted octanol–water partition coefficient (Wildman–Crippen LogP) is 3.50. The third kappa shape index (κ3) is 4.04. The zero-order valence-corrected chi connectivity index (χ0v) is 15.3. The van der Waals surface area contributed by atoms with Gasteiger partial charge in [0, 0.05) is 18.7 Å². The van der Waals surface area contributed by atoms with Crippen molar-refractivity contribution in [2.45, 2.75) is 24.7 Å². The number of piperidine rings is 1. The first-order valence-electron chi connectivity index (χ1n) is 8.53. The quantitative estimate of drug-likeness (QED) is 0.888. The number of para-hydroxylation sites is 1. The number of likely N-dealkylation sites (tertiary alicyclic amines) is 1. The maximum atomic E-state index is 13.7. The molecule has 0 spiro atoms. The molecule has 5 nitrogen and oxygen atoms in total. The summed E-state index contributed by atoms with van der Waals surface area (Å²) in [5, 5.41) is 0. The minimum atomic E-state index is -3.93. The van der Waals surface area contributed by atoms with Crippen LogP contribution < -0.4 is 4.72 Å². The Morgan fingerprint density at radius 2 is 1.85 bits per heavy atom. The molecule has 0 aromatic heterocycles. The van der Waals surface area contributed by atoms with Crippen LogP contribution >= 0.6 is 0 Å². The number of nitrogens with zero attached hydrogens (tertiary/aromatic N) is 1. The number of sulfonamides is 1. The van der Waals surface area contributed by atoms with Crippen LogP contribution in [0.2, 0.25) is 0 Å². The Morgan fingerprint density at radius 1 is 1.15 bits per heavy atom. The van der Waals surface area contributed by atoms with Crippen molar-refractivity contribution >= 4 is 21.6 Å². The maximum Gasteiger partial charge on any atom is 0.261 e. The smallest absolute Gasteiger partial charge is 0.261 e. The molecule has 1 fully saturated rings. The zero-order valence-electron chi connectivity index (χ0n) is 14.5. The van der Waals surface area contributed by atoms with Crippen LogP contribution in [0.15, 0.2) is 53.4 Å². The van der Waals surface area contributed by atoms with E-state index >= 15 is 0 Å². The van der Waals surface area contributed by atoms with Crippen molar-refractivity contribution in [3.8, 4) is 0 Å². The Labute approximate surface area is 152 Å². The fourth-order valence-corrected chi connectivity index (χ4v) is 4.15. The first-order chi connectivity index (χ1) is 12.4. The van der Waals surface area contributed by atoms with E-state index in [2.05, 4.69) is 11.6 Å². The predicted molar refractivity (Wildman–Crippen MR) is 98.0 cm³/mol. The van der Waals surface area contributed by atoms with Gasteiger partial charge in [0.2, 0.25) is 0 Å².